The lowest BCUT2D eigenvalue weighted by Gasteiger charge is -2.27. The van der Waals surface area contributed by atoms with Gasteiger partial charge in [-0.3, -0.25) is 9.59 Å². The van der Waals surface area contributed by atoms with Gasteiger partial charge in [-0.1, -0.05) is 19.1 Å². The van der Waals surface area contributed by atoms with Gasteiger partial charge in [0.1, 0.15) is 5.03 Å². The number of rotatable bonds is 8. The molecule has 1 aromatic heterocycles. The Balaban J connectivity index is 1.37. The lowest BCUT2D eigenvalue weighted by molar-refractivity contribution is -0.136. The number of aromatic nitrogens is 2. The van der Waals surface area contributed by atoms with Gasteiger partial charge in [-0.15, -0.1) is 11.8 Å². The molecule has 3 bridgehead atoms. The van der Waals surface area contributed by atoms with Gasteiger partial charge in [0, 0.05) is 6.04 Å². The summed E-state index contributed by atoms with van der Waals surface area (Å²) in [4.78, 5) is 24.5. The summed E-state index contributed by atoms with van der Waals surface area (Å²) >= 11 is 1.66. The number of nitrogens with zero attached hydrogens (tertiary/aromatic N) is 2. The number of carbonyl (C=O) groups is 2. The van der Waals surface area contributed by atoms with E-state index in [0.717, 1.165) is 52.6 Å². The van der Waals surface area contributed by atoms with Crippen molar-refractivity contribution in [3.05, 3.63) is 41.6 Å². The molecule has 3 aliphatic carbocycles. The Labute approximate surface area is 199 Å². The maximum atomic E-state index is 13.5. The minimum atomic E-state index is -0.847. The van der Waals surface area contributed by atoms with E-state index in [-0.39, 0.29) is 18.4 Å². The van der Waals surface area contributed by atoms with E-state index in [1.807, 2.05) is 28.9 Å². The number of fused-ring (bicyclic) bond motifs is 2. The van der Waals surface area contributed by atoms with E-state index in [2.05, 4.69) is 17.3 Å². The molecule has 0 aliphatic heterocycles. The first-order valence-corrected chi connectivity index (χ1v) is 13.3. The summed E-state index contributed by atoms with van der Waals surface area (Å²) in [6.45, 7) is 2.13. The van der Waals surface area contributed by atoms with Crippen molar-refractivity contribution in [2.75, 3.05) is 5.75 Å². The van der Waals surface area contributed by atoms with Crippen LogP contribution in [0.3, 0.4) is 0 Å². The number of hydrogen-bond acceptors (Lipinski definition) is 4. The predicted octanol–water partition coefficient (Wildman–Crippen LogP) is 4.95. The van der Waals surface area contributed by atoms with E-state index < -0.39 is 5.97 Å². The summed E-state index contributed by atoms with van der Waals surface area (Å²) in [6, 6.07) is 7.67. The third kappa shape index (κ3) is 4.70. The van der Waals surface area contributed by atoms with Crippen molar-refractivity contribution in [3.8, 4) is 5.69 Å². The van der Waals surface area contributed by atoms with Crippen molar-refractivity contribution in [2.24, 2.45) is 23.7 Å². The van der Waals surface area contributed by atoms with Crippen molar-refractivity contribution >= 4 is 23.6 Å². The van der Waals surface area contributed by atoms with Crippen LogP contribution < -0.4 is 5.32 Å². The molecule has 5 atom stereocenters. The molecule has 0 spiro atoms. The number of benzene rings is 1. The minimum Gasteiger partial charge on any atom is -0.481 e. The molecule has 33 heavy (non-hydrogen) atoms. The zero-order valence-electron chi connectivity index (χ0n) is 19.2. The largest absolute Gasteiger partial charge is 0.481 e. The molecule has 5 rings (SSSR count). The number of hydrogen-bond donors (Lipinski definition) is 2. The van der Waals surface area contributed by atoms with Crippen LogP contribution in [0.4, 0.5) is 0 Å². The summed E-state index contributed by atoms with van der Waals surface area (Å²) in [6.07, 6.45) is 10.4. The van der Waals surface area contributed by atoms with E-state index in [4.69, 9.17) is 5.11 Å². The molecular formula is C26H33N3O3S. The standard InChI is InChI=1S/C26H33N3O3S/c1-2-9-33-26-22(15-27-29(26)20-6-3-16(4-7-20)14-24(30)31)25(32)28-23-8-5-17-10-18-12-19(11-17)21(23)13-18/h3-4,6-7,15,17-19,21,23H,2,5,8-14H2,1H3,(H,28,32)(H,30,31)/t17-,18-,19?,21+,23?/m1/s1. The van der Waals surface area contributed by atoms with Crippen molar-refractivity contribution in [1.29, 1.82) is 0 Å². The molecule has 2 N–H and O–H groups in total. The number of thioether (sulfide) groups is 1. The number of amides is 1. The Bertz CT molecular complexity index is 1020. The van der Waals surface area contributed by atoms with Crippen LogP contribution in [-0.2, 0) is 11.2 Å². The van der Waals surface area contributed by atoms with E-state index in [0.29, 0.717) is 11.5 Å². The molecule has 0 radical (unpaired) electrons. The van der Waals surface area contributed by atoms with Crippen molar-refractivity contribution in [3.63, 3.8) is 0 Å². The van der Waals surface area contributed by atoms with Gasteiger partial charge < -0.3 is 10.4 Å². The third-order valence-electron chi connectivity index (χ3n) is 7.82. The van der Waals surface area contributed by atoms with Crippen LogP contribution in [0.15, 0.2) is 35.5 Å². The van der Waals surface area contributed by atoms with Gasteiger partial charge >= 0.3 is 5.97 Å². The van der Waals surface area contributed by atoms with E-state index >= 15 is 0 Å². The van der Waals surface area contributed by atoms with Gasteiger partial charge in [-0.05, 0) is 92.1 Å². The second-order valence-corrected chi connectivity index (χ2v) is 11.2. The first-order valence-electron chi connectivity index (χ1n) is 12.3. The maximum absolute atomic E-state index is 13.5. The molecule has 1 heterocycles. The van der Waals surface area contributed by atoms with Crippen molar-refractivity contribution in [1.82, 2.24) is 15.1 Å². The van der Waals surface area contributed by atoms with E-state index in [1.54, 1.807) is 18.0 Å². The highest BCUT2D eigenvalue weighted by molar-refractivity contribution is 7.99. The summed E-state index contributed by atoms with van der Waals surface area (Å²) in [7, 11) is 0. The molecular weight excluding hydrogens is 434 g/mol. The Morgan fingerprint density at radius 2 is 1.91 bits per heavy atom. The van der Waals surface area contributed by atoms with Crippen LogP contribution in [0.2, 0.25) is 0 Å². The second kappa shape index (κ2) is 9.53. The van der Waals surface area contributed by atoms with Crippen LogP contribution >= 0.6 is 11.8 Å². The maximum Gasteiger partial charge on any atom is 0.307 e. The molecule has 1 amide bonds. The van der Waals surface area contributed by atoms with Gasteiger partial charge in [0.2, 0.25) is 0 Å². The molecule has 2 aromatic rings. The number of carboxylic acid groups (broad SMARTS) is 1. The lowest BCUT2D eigenvalue weighted by atomic mass is 9.80. The number of carbonyl (C=O) groups excluding carboxylic acids is 1. The molecule has 0 saturated heterocycles. The van der Waals surface area contributed by atoms with E-state index in [9.17, 15) is 9.59 Å². The lowest BCUT2D eigenvalue weighted by Crippen LogP contribution is -2.41. The monoisotopic (exact) mass is 467 g/mol. The number of aliphatic carboxylic acids is 1. The number of nitrogens with one attached hydrogen (secondary N) is 1. The normalized spacial score (nSPS) is 28.0. The molecule has 3 saturated carbocycles. The summed E-state index contributed by atoms with van der Waals surface area (Å²) in [5, 5.41) is 17.9. The van der Waals surface area contributed by atoms with Gasteiger partial charge in [-0.25, -0.2) is 4.68 Å². The predicted molar refractivity (Wildman–Crippen MR) is 129 cm³/mol. The Morgan fingerprint density at radius 1 is 1.12 bits per heavy atom. The smallest absolute Gasteiger partial charge is 0.307 e. The molecule has 2 unspecified atom stereocenters. The Hall–Kier alpha value is -2.28. The first kappa shape index (κ1) is 22.5. The fourth-order valence-corrected chi connectivity index (χ4v) is 7.44. The molecule has 176 valence electrons. The molecule has 3 fully saturated rings. The zero-order chi connectivity index (χ0) is 22.9. The van der Waals surface area contributed by atoms with Crippen LogP contribution in [0.1, 0.15) is 67.8 Å². The highest BCUT2D eigenvalue weighted by atomic mass is 32.2. The average Bonchev–Trinajstić information content (AvgIpc) is 3.32. The fourth-order valence-electron chi connectivity index (χ4n) is 6.46. The number of carboxylic acids is 1. The molecule has 7 heteroatoms. The highest BCUT2D eigenvalue weighted by Gasteiger charge is 2.46. The zero-order valence-corrected chi connectivity index (χ0v) is 20.0. The second-order valence-electron chi connectivity index (χ2n) is 10.1. The van der Waals surface area contributed by atoms with Gasteiger partial charge in [0.05, 0.1) is 23.9 Å². The minimum absolute atomic E-state index is 0.00422. The molecule has 6 nitrogen and oxygen atoms in total. The van der Waals surface area contributed by atoms with Gasteiger partial charge in [0.15, 0.2) is 0 Å². The third-order valence-corrected chi connectivity index (χ3v) is 9.10. The van der Waals surface area contributed by atoms with Crippen LogP contribution in [0, 0.1) is 23.7 Å². The Morgan fingerprint density at radius 3 is 2.67 bits per heavy atom. The first-order chi connectivity index (χ1) is 16.0. The quantitative estimate of drug-likeness (QED) is 0.537. The summed E-state index contributed by atoms with van der Waals surface area (Å²) < 4.78 is 1.82. The molecule has 1 aromatic carbocycles. The topological polar surface area (TPSA) is 84.2 Å². The molecule has 3 aliphatic rings. The fraction of sp³-hybridized carbons (Fsp3) is 0.577. The van der Waals surface area contributed by atoms with Gasteiger partial charge in [-0.2, -0.15) is 5.10 Å². The summed E-state index contributed by atoms with van der Waals surface area (Å²) in [5.41, 5.74) is 2.23. The highest BCUT2D eigenvalue weighted by Crippen LogP contribution is 2.53. The van der Waals surface area contributed by atoms with Crippen molar-refractivity contribution in [2.45, 2.75) is 69.4 Å². The van der Waals surface area contributed by atoms with Crippen LogP contribution in [0.5, 0.6) is 0 Å². The average molecular weight is 468 g/mol. The Kier molecular flexibility index (Phi) is 6.50. The SMILES string of the molecule is CCCSc1c(C(=O)NC2CC[C@H]3CC4C[C@@H](C3)C[C@@H]42)cnn1-c1ccc(CC(=O)O)cc1. The van der Waals surface area contributed by atoms with Crippen molar-refractivity contribution < 1.29 is 14.7 Å². The summed E-state index contributed by atoms with van der Waals surface area (Å²) in [5.74, 6) is 3.22. The van der Waals surface area contributed by atoms with Crippen LogP contribution in [-0.4, -0.2) is 38.6 Å². The van der Waals surface area contributed by atoms with E-state index in [1.165, 1.54) is 32.1 Å². The van der Waals surface area contributed by atoms with Gasteiger partial charge in [0.25, 0.3) is 5.91 Å². The van der Waals surface area contributed by atoms with Crippen LogP contribution in [0.25, 0.3) is 5.69 Å².